The lowest BCUT2D eigenvalue weighted by atomic mass is 10.1. The van der Waals surface area contributed by atoms with E-state index < -0.39 is 21.8 Å². The molecule has 0 heterocycles. The molecule has 6 nitrogen and oxygen atoms in total. The summed E-state index contributed by atoms with van der Waals surface area (Å²) in [4.78, 5) is 23.0. The van der Waals surface area contributed by atoms with Crippen molar-refractivity contribution >= 4 is 43.4 Å². The lowest BCUT2D eigenvalue weighted by Gasteiger charge is -2.14. The topological polar surface area (TPSA) is 101 Å². The number of anilines is 1. The van der Waals surface area contributed by atoms with Crippen molar-refractivity contribution in [3.8, 4) is 0 Å². The van der Waals surface area contributed by atoms with Crippen molar-refractivity contribution in [1.82, 2.24) is 0 Å². The molecular formula is C16H14BrNO5S. The van der Waals surface area contributed by atoms with E-state index in [2.05, 4.69) is 20.7 Å². The first-order valence-corrected chi connectivity index (χ1v) is 9.07. The summed E-state index contributed by atoms with van der Waals surface area (Å²) in [6.07, 6.45) is 0. The number of carbonyl (C=O) groups excluding carboxylic acids is 1. The van der Waals surface area contributed by atoms with E-state index in [0.29, 0.717) is 5.56 Å². The number of ketones is 1. The van der Waals surface area contributed by atoms with E-state index in [0.717, 1.165) is 5.56 Å². The molecular weight excluding hydrogens is 398 g/mol. The maximum Gasteiger partial charge on any atom is 0.377 e. The summed E-state index contributed by atoms with van der Waals surface area (Å²) in [5.41, 5.74) is 1.17. The van der Waals surface area contributed by atoms with E-state index in [-0.39, 0.29) is 20.6 Å². The minimum absolute atomic E-state index is 0.0125. The van der Waals surface area contributed by atoms with E-state index in [1.54, 1.807) is 25.1 Å². The van der Waals surface area contributed by atoms with Crippen LogP contribution < -0.4 is 4.72 Å². The van der Waals surface area contributed by atoms with Crippen LogP contribution in [0.4, 0.5) is 5.69 Å². The number of aliphatic carboxylic acids is 1. The molecule has 0 bridgehead atoms. The number of hydrogen-bond acceptors (Lipinski definition) is 4. The molecule has 0 radical (unpaired) electrons. The van der Waals surface area contributed by atoms with Gasteiger partial charge in [0.25, 0.3) is 15.8 Å². The predicted molar refractivity (Wildman–Crippen MR) is 92.8 cm³/mol. The van der Waals surface area contributed by atoms with Crippen LogP contribution in [0.3, 0.4) is 0 Å². The quantitative estimate of drug-likeness (QED) is 0.581. The van der Waals surface area contributed by atoms with E-state index in [1.165, 1.54) is 18.2 Å². The van der Waals surface area contributed by atoms with E-state index in [4.69, 9.17) is 5.11 Å². The zero-order chi connectivity index (χ0) is 18.1. The SMILES string of the molecule is Cc1ccc(S(=O)(=O)Nc2ccc(C)c(Br)c2C(=O)C(=O)O)cc1. The molecule has 2 aromatic carbocycles. The van der Waals surface area contributed by atoms with Crippen LogP contribution in [-0.2, 0) is 14.8 Å². The number of aryl methyl sites for hydroxylation is 2. The molecule has 8 heteroatoms. The summed E-state index contributed by atoms with van der Waals surface area (Å²) in [6, 6.07) is 9.09. The highest BCUT2D eigenvalue weighted by Crippen LogP contribution is 2.30. The molecule has 0 aromatic heterocycles. The summed E-state index contributed by atoms with van der Waals surface area (Å²) in [5, 5.41) is 8.97. The number of nitrogens with one attached hydrogen (secondary N) is 1. The van der Waals surface area contributed by atoms with Crippen LogP contribution in [0.2, 0.25) is 0 Å². The molecule has 0 atom stereocenters. The first-order chi connectivity index (χ1) is 11.1. The van der Waals surface area contributed by atoms with Crippen molar-refractivity contribution in [3.63, 3.8) is 0 Å². The van der Waals surface area contributed by atoms with Crippen LogP contribution in [0.5, 0.6) is 0 Å². The Bertz CT molecular complexity index is 920. The highest BCUT2D eigenvalue weighted by molar-refractivity contribution is 9.10. The van der Waals surface area contributed by atoms with E-state index >= 15 is 0 Å². The number of Topliss-reactive ketones (excluding diaryl/α,β-unsaturated/α-hetero) is 1. The van der Waals surface area contributed by atoms with Gasteiger partial charge < -0.3 is 5.11 Å². The lowest BCUT2D eigenvalue weighted by Crippen LogP contribution is -2.20. The van der Waals surface area contributed by atoms with Gasteiger partial charge in [-0.2, -0.15) is 0 Å². The summed E-state index contributed by atoms with van der Waals surface area (Å²) < 4.78 is 27.5. The first-order valence-electron chi connectivity index (χ1n) is 6.79. The Kier molecular flexibility index (Phi) is 5.10. The minimum Gasteiger partial charge on any atom is -0.475 e. The Morgan fingerprint density at radius 3 is 2.17 bits per heavy atom. The Morgan fingerprint density at radius 1 is 1.04 bits per heavy atom. The summed E-state index contributed by atoms with van der Waals surface area (Å²) >= 11 is 3.15. The molecule has 0 spiro atoms. The number of carbonyl (C=O) groups is 2. The molecule has 0 unspecified atom stereocenters. The fourth-order valence-corrected chi connectivity index (χ4v) is 3.61. The molecule has 0 aliphatic heterocycles. The summed E-state index contributed by atoms with van der Waals surface area (Å²) in [7, 11) is -3.96. The number of rotatable bonds is 5. The van der Waals surface area contributed by atoms with Crippen LogP contribution in [0, 0.1) is 13.8 Å². The van der Waals surface area contributed by atoms with Gasteiger partial charge in [0.1, 0.15) is 0 Å². The normalized spacial score (nSPS) is 11.1. The smallest absolute Gasteiger partial charge is 0.377 e. The van der Waals surface area contributed by atoms with Gasteiger partial charge in [-0.15, -0.1) is 0 Å². The number of hydrogen-bond donors (Lipinski definition) is 2. The van der Waals surface area contributed by atoms with Gasteiger partial charge >= 0.3 is 5.97 Å². The molecule has 0 fully saturated rings. The predicted octanol–water partition coefficient (Wildman–Crippen LogP) is 3.13. The molecule has 0 aliphatic carbocycles. The van der Waals surface area contributed by atoms with Gasteiger partial charge in [-0.3, -0.25) is 9.52 Å². The van der Waals surface area contributed by atoms with Crippen LogP contribution in [0.25, 0.3) is 0 Å². The highest BCUT2D eigenvalue weighted by Gasteiger charge is 2.25. The van der Waals surface area contributed by atoms with Crippen molar-refractivity contribution in [2.24, 2.45) is 0 Å². The van der Waals surface area contributed by atoms with Gasteiger partial charge in [0.15, 0.2) is 0 Å². The van der Waals surface area contributed by atoms with Crippen LogP contribution in [-0.4, -0.2) is 25.3 Å². The third kappa shape index (κ3) is 3.65. The van der Waals surface area contributed by atoms with Gasteiger partial charge in [0, 0.05) is 4.47 Å². The number of sulfonamides is 1. The van der Waals surface area contributed by atoms with Gasteiger partial charge in [-0.05, 0) is 53.5 Å². The molecule has 24 heavy (non-hydrogen) atoms. The third-order valence-electron chi connectivity index (χ3n) is 3.33. The van der Waals surface area contributed by atoms with Crippen molar-refractivity contribution in [1.29, 1.82) is 0 Å². The summed E-state index contributed by atoms with van der Waals surface area (Å²) in [6.45, 7) is 3.49. The van der Waals surface area contributed by atoms with Gasteiger partial charge in [-0.25, -0.2) is 13.2 Å². The molecule has 0 amide bonds. The monoisotopic (exact) mass is 411 g/mol. The molecule has 2 rings (SSSR count). The average Bonchev–Trinajstić information content (AvgIpc) is 2.51. The number of benzene rings is 2. The Labute approximate surface area is 147 Å². The highest BCUT2D eigenvalue weighted by atomic mass is 79.9. The number of carboxylic acids is 1. The fraction of sp³-hybridized carbons (Fsp3) is 0.125. The largest absolute Gasteiger partial charge is 0.475 e. The van der Waals surface area contributed by atoms with Gasteiger partial charge in [0.05, 0.1) is 16.1 Å². The van der Waals surface area contributed by atoms with Crippen LogP contribution in [0.15, 0.2) is 45.8 Å². The first kappa shape index (κ1) is 18.2. The van der Waals surface area contributed by atoms with Crippen molar-refractivity contribution in [2.45, 2.75) is 18.7 Å². The number of carboxylic acid groups (broad SMARTS) is 1. The molecule has 126 valence electrons. The second-order valence-corrected chi connectivity index (χ2v) is 7.65. The molecule has 0 saturated carbocycles. The second-order valence-electron chi connectivity index (χ2n) is 5.17. The van der Waals surface area contributed by atoms with Crippen LogP contribution >= 0.6 is 15.9 Å². The minimum atomic E-state index is -3.96. The van der Waals surface area contributed by atoms with Crippen LogP contribution in [0.1, 0.15) is 21.5 Å². The van der Waals surface area contributed by atoms with Crippen molar-refractivity contribution in [2.75, 3.05) is 4.72 Å². The third-order valence-corrected chi connectivity index (χ3v) is 5.74. The van der Waals surface area contributed by atoms with Gasteiger partial charge in [0.2, 0.25) is 0 Å². The average molecular weight is 412 g/mol. The van der Waals surface area contributed by atoms with Crippen molar-refractivity contribution < 1.29 is 23.1 Å². The standard InChI is InChI=1S/C16H14BrNO5S/c1-9-3-6-11(7-4-9)24(22,23)18-12-8-5-10(2)14(17)13(12)15(19)16(20)21/h3-8,18H,1-2H3,(H,20,21). The van der Waals surface area contributed by atoms with E-state index in [1.807, 2.05) is 6.92 Å². The Balaban J connectivity index is 2.53. The maximum absolute atomic E-state index is 12.5. The van der Waals surface area contributed by atoms with Gasteiger partial charge in [-0.1, -0.05) is 23.8 Å². The maximum atomic E-state index is 12.5. The fourth-order valence-electron chi connectivity index (χ4n) is 2.02. The zero-order valence-electron chi connectivity index (χ0n) is 12.8. The Morgan fingerprint density at radius 2 is 1.62 bits per heavy atom. The second kappa shape index (κ2) is 6.74. The molecule has 2 aromatic rings. The Hall–Kier alpha value is -2.19. The lowest BCUT2D eigenvalue weighted by molar-refractivity contribution is -0.131. The number of halogens is 1. The molecule has 0 saturated heterocycles. The van der Waals surface area contributed by atoms with Crippen molar-refractivity contribution in [3.05, 3.63) is 57.6 Å². The molecule has 2 N–H and O–H groups in total. The van der Waals surface area contributed by atoms with E-state index in [9.17, 15) is 18.0 Å². The zero-order valence-corrected chi connectivity index (χ0v) is 15.2. The summed E-state index contributed by atoms with van der Waals surface area (Å²) in [5.74, 6) is -2.87. The molecule has 0 aliphatic rings.